The number of carbonyl (C=O) groups is 2. The minimum Gasteiger partial charge on any atom is -0.484 e. The van der Waals surface area contributed by atoms with Crippen LogP contribution in [0.5, 0.6) is 5.75 Å². The Morgan fingerprint density at radius 1 is 1.06 bits per heavy atom. The summed E-state index contributed by atoms with van der Waals surface area (Å²) in [5.74, 6) is 0.618. The van der Waals surface area contributed by atoms with Crippen LogP contribution < -0.4 is 10.1 Å². The molecule has 2 amide bonds. The van der Waals surface area contributed by atoms with E-state index in [9.17, 15) is 9.59 Å². The summed E-state index contributed by atoms with van der Waals surface area (Å²) < 4.78 is 6.67. The third-order valence-corrected chi connectivity index (χ3v) is 5.31. The number of carbonyl (C=O) groups excluding carboxylic acids is 2. The van der Waals surface area contributed by atoms with Gasteiger partial charge in [0, 0.05) is 16.6 Å². The van der Waals surface area contributed by atoms with Crippen LogP contribution in [0.1, 0.15) is 58.6 Å². The number of hydrogen-bond acceptors (Lipinski definition) is 3. The van der Waals surface area contributed by atoms with Crippen molar-refractivity contribution in [3.05, 3.63) is 64.1 Å². The standard InChI is InChI=1S/C25H33BrN2O3/c1-17(2)20-10-12-22(13-11-20)31-16-23(29)28(15-19-8-7-9-21(26)14-19)18(3)24(30)27-25(4,5)6/h7-14,17-18H,15-16H2,1-6H3,(H,27,30). The first-order chi connectivity index (χ1) is 14.5. The summed E-state index contributed by atoms with van der Waals surface area (Å²) in [6.45, 7) is 11.9. The van der Waals surface area contributed by atoms with Crippen LogP contribution in [0.25, 0.3) is 0 Å². The highest BCUT2D eigenvalue weighted by molar-refractivity contribution is 9.10. The number of nitrogens with one attached hydrogen (secondary N) is 1. The molecule has 0 fully saturated rings. The van der Waals surface area contributed by atoms with E-state index in [1.54, 1.807) is 11.8 Å². The van der Waals surface area contributed by atoms with Crippen molar-refractivity contribution in [3.63, 3.8) is 0 Å². The van der Waals surface area contributed by atoms with Crippen molar-refractivity contribution in [2.45, 2.75) is 65.6 Å². The number of nitrogens with zero attached hydrogens (tertiary/aromatic N) is 1. The van der Waals surface area contributed by atoms with Gasteiger partial charge in [0.05, 0.1) is 0 Å². The van der Waals surface area contributed by atoms with Crippen LogP contribution in [0.3, 0.4) is 0 Å². The molecule has 2 aromatic rings. The Labute approximate surface area is 194 Å². The largest absolute Gasteiger partial charge is 0.484 e. The quantitative estimate of drug-likeness (QED) is 0.549. The maximum atomic E-state index is 13.1. The molecule has 0 bridgehead atoms. The van der Waals surface area contributed by atoms with E-state index in [2.05, 4.69) is 35.1 Å². The third kappa shape index (κ3) is 8.02. The summed E-state index contributed by atoms with van der Waals surface area (Å²) in [6, 6.07) is 14.8. The van der Waals surface area contributed by atoms with E-state index < -0.39 is 6.04 Å². The summed E-state index contributed by atoms with van der Waals surface area (Å²) in [5.41, 5.74) is 1.76. The smallest absolute Gasteiger partial charge is 0.261 e. The van der Waals surface area contributed by atoms with Gasteiger partial charge in [-0.05, 0) is 69.0 Å². The number of halogens is 1. The molecule has 5 nitrogen and oxygen atoms in total. The number of hydrogen-bond donors (Lipinski definition) is 1. The molecule has 1 atom stereocenters. The topological polar surface area (TPSA) is 58.6 Å². The molecule has 6 heteroatoms. The van der Waals surface area contributed by atoms with Crippen LogP contribution in [0.2, 0.25) is 0 Å². The zero-order valence-electron chi connectivity index (χ0n) is 19.2. The number of rotatable bonds is 8. The molecular weight excluding hydrogens is 456 g/mol. The van der Waals surface area contributed by atoms with E-state index in [4.69, 9.17) is 4.74 Å². The van der Waals surface area contributed by atoms with Gasteiger partial charge in [-0.1, -0.05) is 54.0 Å². The first-order valence-corrected chi connectivity index (χ1v) is 11.3. The summed E-state index contributed by atoms with van der Waals surface area (Å²) in [5, 5.41) is 2.96. The van der Waals surface area contributed by atoms with E-state index in [1.165, 1.54) is 5.56 Å². The molecule has 0 spiro atoms. The molecule has 168 valence electrons. The van der Waals surface area contributed by atoms with Crippen molar-refractivity contribution in [3.8, 4) is 5.75 Å². The van der Waals surface area contributed by atoms with Crippen LogP contribution in [0.15, 0.2) is 53.0 Å². The summed E-state index contributed by atoms with van der Waals surface area (Å²) in [7, 11) is 0. The summed E-state index contributed by atoms with van der Waals surface area (Å²) in [6.07, 6.45) is 0. The molecule has 2 rings (SSSR count). The minimum atomic E-state index is -0.641. The highest BCUT2D eigenvalue weighted by atomic mass is 79.9. The van der Waals surface area contributed by atoms with E-state index in [1.807, 2.05) is 69.3 Å². The van der Waals surface area contributed by atoms with Crippen molar-refractivity contribution in [1.82, 2.24) is 10.2 Å². The highest BCUT2D eigenvalue weighted by Crippen LogP contribution is 2.19. The molecule has 2 aromatic carbocycles. The van der Waals surface area contributed by atoms with E-state index in [-0.39, 0.29) is 24.0 Å². The third-order valence-electron chi connectivity index (χ3n) is 4.82. The Hall–Kier alpha value is -2.34. The minimum absolute atomic E-state index is 0.137. The molecule has 31 heavy (non-hydrogen) atoms. The van der Waals surface area contributed by atoms with Gasteiger partial charge < -0.3 is 15.0 Å². The fraction of sp³-hybridized carbons (Fsp3) is 0.440. The second-order valence-corrected chi connectivity index (χ2v) is 9.99. The van der Waals surface area contributed by atoms with E-state index in [0.29, 0.717) is 18.2 Å². The molecule has 1 unspecified atom stereocenters. The lowest BCUT2D eigenvalue weighted by Crippen LogP contribution is -2.53. The van der Waals surface area contributed by atoms with Crippen molar-refractivity contribution in [2.75, 3.05) is 6.61 Å². The zero-order chi connectivity index (χ0) is 23.2. The molecule has 0 aromatic heterocycles. The van der Waals surface area contributed by atoms with Gasteiger partial charge in [-0.25, -0.2) is 0 Å². The predicted molar refractivity (Wildman–Crippen MR) is 128 cm³/mol. The lowest BCUT2D eigenvalue weighted by molar-refractivity contribution is -0.142. The van der Waals surface area contributed by atoms with Gasteiger partial charge in [-0.3, -0.25) is 9.59 Å². The average Bonchev–Trinajstić information content (AvgIpc) is 2.68. The zero-order valence-corrected chi connectivity index (χ0v) is 20.8. The molecule has 0 aliphatic carbocycles. The van der Waals surface area contributed by atoms with Crippen molar-refractivity contribution in [2.24, 2.45) is 0 Å². The summed E-state index contributed by atoms with van der Waals surface area (Å²) >= 11 is 3.46. The first-order valence-electron chi connectivity index (χ1n) is 10.5. The lowest BCUT2D eigenvalue weighted by Gasteiger charge is -2.31. The fourth-order valence-electron chi connectivity index (χ4n) is 3.07. The Morgan fingerprint density at radius 2 is 1.71 bits per heavy atom. The van der Waals surface area contributed by atoms with Gasteiger partial charge in [-0.15, -0.1) is 0 Å². The SMILES string of the molecule is CC(C)c1ccc(OCC(=O)N(Cc2cccc(Br)c2)C(C)C(=O)NC(C)(C)C)cc1. The number of amides is 2. The van der Waals surface area contributed by atoms with E-state index >= 15 is 0 Å². The first kappa shape index (κ1) is 24.9. The average molecular weight is 489 g/mol. The lowest BCUT2D eigenvalue weighted by atomic mass is 10.0. The van der Waals surface area contributed by atoms with Crippen LogP contribution in [-0.2, 0) is 16.1 Å². The van der Waals surface area contributed by atoms with Gasteiger partial charge in [0.2, 0.25) is 5.91 Å². The molecule has 0 radical (unpaired) electrons. The van der Waals surface area contributed by atoms with Crippen LogP contribution in [0, 0.1) is 0 Å². The van der Waals surface area contributed by atoms with Crippen molar-refractivity contribution in [1.29, 1.82) is 0 Å². The predicted octanol–water partition coefficient (Wildman–Crippen LogP) is 5.28. The van der Waals surface area contributed by atoms with Crippen LogP contribution in [-0.4, -0.2) is 34.9 Å². The van der Waals surface area contributed by atoms with Gasteiger partial charge in [0.15, 0.2) is 6.61 Å². The Bertz CT molecular complexity index is 888. The molecular formula is C25H33BrN2O3. The molecule has 0 heterocycles. The van der Waals surface area contributed by atoms with Crippen molar-refractivity contribution < 1.29 is 14.3 Å². The monoisotopic (exact) mass is 488 g/mol. The Kier molecular flexibility index (Phi) is 8.69. The van der Waals surface area contributed by atoms with E-state index in [0.717, 1.165) is 10.0 Å². The second kappa shape index (κ2) is 10.8. The van der Waals surface area contributed by atoms with Gasteiger partial charge >= 0.3 is 0 Å². The van der Waals surface area contributed by atoms with Crippen LogP contribution in [0.4, 0.5) is 0 Å². The van der Waals surface area contributed by atoms with Gasteiger partial charge in [-0.2, -0.15) is 0 Å². The highest BCUT2D eigenvalue weighted by Gasteiger charge is 2.28. The molecule has 0 aliphatic rings. The van der Waals surface area contributed by atoms with Gasteiger partial charge in [0.1, 0.15) is 11.8 Å². The second-order valence-electron chi connectivity index (χ2n) is 9.08. The van der Waals surface area contributed by atoms with Crippen LogP contribution >= 0.6 is 15.9 Å². The molecule has 0 aliphatic heterocycles. The Morgan fingerprint density at radius 3 is 2.26 bits per heavy atom. The summed E-state index contributed by atoms with van der Waals surface area (Å²) in [4.78, 5) is 27.4. The van der Waals surface area contributed by atoms with Crippen molar-refractivity contribution >= 4 is 27.7 Å². The number of benzene rings is 2. The Balaban J connectivity index is 2.15. The number of ether oxygens (including phenoxy) is 1. The fourth-order valence-corrected chi connectivity index (χ4v) is 3.51. The normalized spacial score (nSPS) is 12.4. The molecule has 0 saturated heterocycles. The molecule has 1 N–H and O–H groups in total. The maximum absolute atomic E-state index is 13.1. The maximum Gasteiger partial charge on any atom is 0.261 e. The van der Waals surface area contributed by atoms with Gasteiger partial charge in [0.25, 0.3) is 5.91 Å². The molecule has 0 saturated carbocycles.